The van der Waals surface area contributed by atoms with E-state index in [1.807, 2.05) is 0 Å². The molecule has 0 aromatic heterocycles. The van der Waals surface area contributed by atoms with Gasteiger partial charge < -0.3 is 19.3 Å². The van der Waals surface area contributed by atoms with Crippen molar-refractivity contribution in [1.82, 2.24) is 0 Å². The van der Waals surface area contributed by atoms with Crippen LogP contribution >= 0.6 is 0 Å². The Hall–Kier alpha value is -3.02. The number of hydrogen-bond donors (Lipinski definition) is 1. The number of benzene rings is 2. The van der Waals surface area contributed by atoms with Gasteiger partial charge in [0.2, 0.25) is 0 Å². The highest BCUT2D eigenvalue weighted by atomic mass is 19.1. The quantitative estimate of drug-likeness (QED) is 0.593. The number of carbonyl (C=O) groups is 1. The molecule has 0 aliphatic rings. The molecule has 0 aliphatic carbocycles. The number of carboxylic acid groups (broad SMARTS) is 1. The Bertz CT molecular complexity index is 710. The minimum atomic E-state index is -1.02. The lowest BCUT2D eigenvalue weighted by atomic mass is 10.2. The van der Waals surface area contributed by atoms with E-state index in [-0.39, 0.29) is 19.0 Å². The molecule has 0 radical (unpaired) electrons. The summed E-state index contributed by atoms with van der Waals surface area (Å²) in [6.07, 6.45) is 2.51. The molecule has 5 nitrogen and oxygen atoms in total. The molecule has 0 bridgehead atoms. The smallest absolute Gasteiger partial charge is 0.328 e. The first-order valence-corrected chi connectivity index (χ1v) is 7.18. The first-order chi connectivity index (χ1) is 11.6. The first-order valence-electron chi connectivity index (χ1n) is 7.18. The summed E-state index contributed by atoms with van der Waals surface area (Å²) in [6, 6.07) is 10.8. The Morgan fingerprint density at radius 3 is 2.46 bits per heavy atom. The zero-order valence-electron chi connectivity index (χ0n) is 13.1. The van der Waals surface area contributed by atoms with Gasteiger partial charge in [-0.2, -0.15) is 0 Å². The standard InChI is InChI=1S/C18H17FO5/c1-22-17-12-13(3-9-18(20)21)2-8-16(17)24-11-10-23-15-6-4-14(19)5-7-15/h2-9,12H,10-11H2,1H3,(H,20,21). The van der Waals surface area contributed by atoms with Gasteiger partial charge >= 0.3 is 5.97 Å². The van der Waals surface area contributed by atoms with E-state index in [0.29, 0.717) is 22.8 Å². The topological polar surface area (TPSA) is 65.0 Å². The molecule has 2 rings (SSSR count). The van der Waals surface area contributed by atoms with Crippen molar-refractivity contribution in [2.75, 3.05) is 20.3 Å². The number of halogens is 1. The van der Waals surface area contributed by atoms with Crippen molar-refractivity contribution in [1.29, 1.82) is 0 Å². The van der Waals surface area contributed by atoms with Gasteiger partial charge in [-0.25, -0.2) is 9.18 Å². The largest absolute Gasteiger partial charge is 0.493 e. The molecule has 0 fully saturated rings. The molecule has 126 valence electrons. The van der Waals surface area contributed by atoms with Crippen LogP contribution in [0, 0.1) is 5.82 Å². The number of ether oxygens (including phenoxy) is 3. The average molecular weight is 332 g/mol. The molecule has 0 heterocycles. The zero-order chi connectivity index (χ0) is 17.4. The predicted octanol–water partition coefficient (Wildman–Crippen LogP) is 3.39. The lowest BCUT2D eigenvalue weighted by Crippen LogP contribution is -2.09. The fourth-order valence-corrected chi connectivity index (χ4v) is 1.92. The van der Waals surface area contributed by atoms with E-state index in [1.165, 1.54) is 25.3 Å². The molecule has 1 N–H and O–H groups in total. The van der Waals surface area contributed by atoms with Crippen molar-refractivity contribution in [2.45, 2.75) is 0 Å². The lowest BCUT2D eigenvalue weighted by Gasteiger charge is -2.12. The van der Waals surface area contributed by atoms with Crippen molar-refractivity contribution >= 4 is 12.0 Å². The van der Waals surface area contributed by atoms with Crippen LogP contribution in [0.1, 0.15) is 5.56 Å². The summed E-state index contributed by atoms with van der Waals surface area (Å²) in [6.45, 7) is 0.563. The summed E-state index contributed by atoms with van der Waals surface area (Å²) in [7, 11) is 1.50. The van der Waals surface area contributed by atoms with E-state index >= 15 is 0 Å². The van der Waals surface area contributed by atoms with Crippen molar-refractivity contribution in [3.05, 3.63) is 59.9 Å². The summed E-state index contributed by atoms with van der Waals surface area (Å²) in [5.41, 5.74) is 0.684. The number of carboxylic acids is 1. The van der Waals surface area contributed by atoms with Crippen LogP contribution in [0.3, 0.4) is 0 Å². The fraction of sp³-hybridized carbons (Fsp3) is 0.167. The minimum absolute atomic E-state index is 0.276. The van der Waals surface area contributed by atoms with Gasteiger partial charge in [-0.3, -0.25) is 0 Å². The van der Waals surface area contributed by atoms with Crippen LogP contribution < -0.4 is 14.2 Å². The van der Waals surface area contributed by atoms with Gasteiger partial charge in [-0.1, -0.05) is 6.07 Å². The minimum Gasteiger partial charge on any atom is -0.493 e. The highest BCUT2D eigenvalue weighted by Crippen LogP contribution is 2.28. The Kier molecular flexibility index (Phi) is 6.19. The first kappa shape index (κ1) is 17.3. The number of rotatable bonds is 8. The van der Waals surface area contributed by atoms with Crippen LogP contribution in [-0.4, -0.2) is 31.4 Å². The molecule has 0 saturated heterocycles. The molecule has 2 aromatic carbocycles. The Morgan fingerprint density at radius 1 is 1.08 bits per heavy atom. The maximum Gasteiger partial charge on any atom is 0.328 e. The molecular formula is C18H17FO5. The maximum absolute atomic E-state index is 12.8. The number of hydrogen-bond acceptors (Lipinski definition) is 4. The molecule has 0 aliphatic heterocycles. The van der Waals surface area contributed by atoms with Crippen LogP contribution in [0.5, 0.6) is 17.2 Å². The number of methoxy groups -OCH3 is 1. The van der Waals surface area contributed by atoms with Crippen LogP contribution in [0.15, 0.2) is 48.5 Å². The second-order valence-electron chi connectivity index (χ2n) is 4.73. The average Bonchev–Trinajstić information content (AvgIpc) is 2.59. The molecule has 0 spiro atoms. The third kappa shape index (κ3) is 5.31. The van der Waals surface area contributed by atoms with E-state index in [1.54, 1.807) is 30.3 Å². The Balaban J connectivity index is 1.89. The molecule has 0 amide bonds. The normalized spacial score (nSPS) is 10.6. The van der Waals surface area contributed by atoms with Crippen LogP contribution in [0.4, 0.5) is 4.39 Å². The summed E-state index contributed by atoms with van der Waals surface area (Å²) < 4.78 is 29.0. The summed E-state index contributed by atoms with van der Waals surface area (Å²) in [4.78, 5) is 10.5. The van der Waals surface area contributed by atoms with E-state index in [2.05, 4.69) is 0 Å². The van der Waals surface area contributed by atoms with Gasteiger partial charge in [0.05, 0.1) is 7.11 Å². The molecule has 0 saturated carbocycles. The molecule has 0 atom stereocenters. The van der Waals surface area contributed by atoms with Gasteiger partial charge in [0.25, 0.3) is 0 Å². The molecule has 24 heavy (non-hydrogen) atoms. The SMILES string of the molecule is COc1cc(C=CC(=O)O)ccc1OCCOc1ccc(F)cc1. The van der Waals surface area contributed by atoms with Crippen molar-refractivity contribution < 1.29 is 28.5 Å². The Labute approximate surface area is 138 Å². The molecule has 0 unspecified atom stereocenters. The maximum atomic E-state index is 12.8. The third-order valence-electron chi connectivity index (χ3n) is 3.03. The van der Waals surface area contributed by atoms with E-state index in [0.717, 1.165) is 6.08 Å². The van der Waals surface area contributed by atoms with Gasteiger partial charge in [0, 0.05) is 6.08 Å². The second kappa shape index (κ2) is 8.57. The summed E-state index contributed by atoms with van der Waals surface area (Å²) in [5, 5.41) is 8.63. The lowest BCUT2D eigenvalue weighted by molar-refractivity contribution is -0.131. The monoisotopic (exact) mass is 332 g/mol. The van der Waals surface area contributed by atoms with Crippen molar-refractivity contribution in [3.63, 3.8) is 0 Å². The van der Waals surface area contributed by atoms with Gasteiger partial charge in [-0.05, 0) is 48.0 Å². The summed E-state index contributed by atoms with van der Waals surface area (Å²) in [5.74, 6) is 0.228. The van der Waals surface area contributed by atoms with Gasteiger partial charge in [-0.15, -0.1) is 0 Å². The molecule has 6 heteroatoms. The van der Waals surface area contributed by atoms with E-state index < -0.39 is 5.97 Å². The molecular weight excluding hydrogens is 315 g/mol. The van der Waals surface area contributed by atoms with E-state index in [4.69, 9.17) is 19.3 Å². The Morgan fingerprint density at radius 2 is 1.79 bits per heavy atom. The zero-order valence-corrected chi connectivity index (χ0v) is 13.1. The van der Waals surface area contributed by atoms with Crippen LogP contribution in [0.25, 0.3) is 6.08 Å². The van der Waals surface area contributed by atoms with Crippen molar-refractivity contribution in [2.24, 2.45) is 0 Å². The fourth-order valence-electron chi connectivity index (χ4n) is 1.92. The highest BCUT2D eigenvalue weighted by Gasteiger charge is 2.05. The van der Waals surface area contributed by atoms with Crippen LogP contribution in [-0.2, 0) is 4.79 Å². The van der Waals surface area contributed by atoms with Crippen molar-refractivity contribution in [3.8, 4) is 17.2 Å². The summed E-state index contributed by atoms with van der Waals surface area (Å²) >= 11 is 0. The predicted molar refractivity (Wildman–Crippen MR) is 87.1 cm³/mol. The third-order valence-corrected chi connectivity index (χ3v) is 3.03. The molecule has 2 aromatic rings. The van der Waals surface area contributed by atoms with E-state index in [9.17, 15) is 9.18 Å². The van der Waals surface area contributed by atoms with Gasteiger partial charge in [0.15, 0.2) is 11.5 Å². The number of aliphatic carboxylic acids is 1. The van der Waals surface area contributed by atoms with Crippen LogP contribution in [0.2, 0.25) is 0 Å². The highest BCUT2D eigenvalue weighted by molar-refractivity contribution is 5.85. The van der Waals surface area contributed by atoms with Gasteiger partial charge in [0.1, 0.15) is 24.8 Å². The second-order valence-corrected chi connectivity index (χ2v) is 4.73.